The summed E-state index contributed by atoms with van der Waals surface area (Å²) in [6.45, 7) is 3.54. The molecule has 0 unspecified atom stereocenters. The van der Waals surface area contributed by atoms with Gasteiger partial charge in [-0.15, -0.1) is 0 Å². The smallest absolute Gasteiger partial charge is 0.258 e. The highest BCUT2D eigenvalue weighted by molar-refractivity contribution is 5.95. The lowest BCUT2D eigenvalue weighted by Gasteiger charge is -2.11. The molecule has 6 heteroatoms. The van der Waals surface area contributed by atoms with Gasteiger partial charge in [0.15, 0.2) is 18.1 Å². The van der Waals surface area contributed by atoms with Gasteiger partial charge in [-0.25, -0.2) is 0 Å². The van der Waals surface area contributed by atoms with Crippen molar-refractivity contribution < 1.29 is 19.1 Å². The lowest BCUT2D eigenvalue weighted by molar-refractivity contribution is -0.125. The summed E-state index contributed by atoms with van der Waals surface area (Å²) in [5, 5.41) is 5.31. The van der Waals surface area contributed by atoms with Crippen molar-refractivity contribution in [3.05, 3.63) is 53.6 Å². The van der Waals surface area contributed by atoms with Crippen molar-refractivity contribution in [2.45, 2.75) is 13.8 Å². The number of ether oxygens (including phenoxy) is 2. The maximum Gasteiger partial charge on any atom is 0.258 e. The van der Waals surface area contributed by atoms with Gasteiger partial charge < -0.3 is 20.1 Å². The molecule has 0 atom stereocenters. The maximum absolute atomic E-state index is 12.0. The summed E-state index contributed by atoms with van der Waals surface area (Å²) in [5.41, 5.74) is 2.75. The molecule has 0 spiro atoms. The molecule has 0 saturated heterocycles. The molecule has 2 aromatic rings. The number of hydrogen-bond donors (Lipinski definition) is 2. The average Bonchev–Trinajstić information content (AvgIpc) is 2.61. The molecule has 0 bridgehead atoms. The SMILES string of the molecule is COc1ccccc1OCC(=O)NCC(=O)Nc1cc(C)ccc1C. The quantitative estimate of drug-likeness (QED) is 0.810. The summed E-state index contributed by atoms with van der Waals surface area (Å²) in [6, 6.07) is 12.8. The third-order valence-electron chi connectivity index (χ3n) is 3.54. The van der Waals surface area contributed by atoms with Crippen LogP contribution in [-0.4, -0.2) is 32.1 Å². The highest BCUT2D eigenvalue weighted by Gasteiger charge is 2.09. The number of rotatable bonds is 7. The van der Waals surface area contributed by atoms with E-state index in [0.717, 1.165) is 16.8 Å². The third-order valence-corrected chi connectivity index (χ3v) is 3.54. The first kappa shape index (κ1) is 18.3. The lowest BCUT2D eigenvalue weighted by atomic mass is 10.1. The number of hydrogen-bond acceptors (Lipinski definition) is 4. The van der Waals surface area contributed by atoms with Gasteiger partial charge in [-0.2, -0.15) is 0 Å². The van der Waals surface area contributed by atoms with Gasteiger partial charge in [0.25, 0.3) is 5.91 Å². The standard InChI is InChI=1S/C19H22N2O4/c1-13-8-9-14(2)15(10-13)21-18(22)11-20-19(23)12-25-17-7-5-4-6-16(17)24-3/h4-10H,11-12H2,1-3H3,(H,20,23)(H,21,22). The number of carbonyl (C=O) groups is 2. The summed E-state index contributed by atoms with van der Waals surface area (Å²) in [6.07, 6.45) is 0. The zero-order chi connectivity index (χ0) is 18.2. The molecule has 2 amide bonds. The minimum absolute atomic E-state index is 0.124. The van der Waals surface area contributed by atoms with Crippen molar-refractivity contribution in [1.29, 1.82) is 0 Å². The summed E-state index contributed by atoms with van der Waals surface area (Å²) in [4.78, 5) is 23.8. The van der Waals surface area contributed by atoms with Gasteiger partial charge in [-0.3, -0.25) is 9.59 Å². The van der Waals surface area contributed by atoms with Crippen LogP contribution in [0.15, 0.2) is 42.5 Å². The van der Waals surface area contributed by atoms with Crippen molar-refractivity contribution in [1.82, 2.24) is 5.32 Å². The van der Waals surface area contributed by atoms with E-state index < -0.39 is 0 Å². The van der Waals surface area contributed by atoms with E-state index in [0.29, 0.717) is 11.5 Å². The molecule has 2 rings (SSSR count). The topological polar surface area (TPSA) is 76.7 Å². The molecule has 0 radical (unpaired) electrons. The second-order valence-electron chi connectivity index (χ2n) is 5.58. The summed E-state index contributed by atoms with van der Waals surface area (Å²) >= 11 is 0. The van der Waals surface area contributed by atoms with E-state index in [4.69, 9.17) is 9.47 Å². The first-order chi connectivity index (χ1) is 12.0. The molecule has 25 heavy (non-hydrogen) atoms. The summed E-state index contributed by atoms with van der Waals surface area (Å²) in [5.74, 6) is 0.337. The van der Waals surface area contributed by atoms with Crippen LogP contribution in [-0.2, 0) is 9.59 Å². The molecule has 0 aromatic heterocycles. The Bertz CT molecular complexity index is 759. The van der Waals surface area contributed by atoms with Gasteiger partial charge in [0.1, 0.15) is 0 Å². The lowest BCUT2D eigenvalue weighted by Crippen LogP contribution is -2.35. The van der Waals surface area contributed by atoms with Crippen LogP contribution in [0.1, 0.15) is 11.1 Å². The molecule has 0 aliphatic carbocycles. The Kier molecular flexibility index (Phi) is 6.39. The predicted molar refractivity (Wildman–Crippen MR) is 96.0 cm³/mol. The number of para-hydroxylation sites is 2. The highest BCUT2D eigenvalue weighted by Crippen LogP contribution is 2.25. The first-order valence-electron chi connectivity index (χ1n) is 7.89. The van der Waals surface area contributed by atoms with E-state index >= 15 is 0 Å². The van der Waals surface area contributed by atoms with Gasteiger partial charge in [0.2, 0.25) is 5.91 Å². The Morgan fingerprint density at radius 1 is 1.00 bits per heavy atom. The minimum atomic E-state index is -0.387. The molecule has 0 fully saturated rings. The molecule has 0 saturated carbocycles. The van der Waals surface area contributed by atoms with Crippen LogP contribution in [0.5, 0.6) is 11.5 Å². The zero-order valence-electron chi connectivity index (χ0n) is 14.6. The highest BCUT2D eigenvalue weighted by atomic mass is 16.5. The fourth-order valence-electron chi connectivity index (χ4n) is 2.18. The number of amides is 2. The molecule has 2 aromatic carbocycles. The van der Waals surface area contributed by atoms with E-state index in [-0.39, 0.29) is 25.0 Å². The van der Waals surface area contributed by atoms with Gasteiger partial charge in [-0.1, -0.05) is 24.3 Å². The molecule has 132 valence electrons. The normalized spacial score (nSPS) is 10.0. The predicted octanol–water partition coefficient (Wildman–Crippen LogP) is 2.45. The van der Waals surface area contributed by atoms with Gasteiger partial charge in [0.05, 0.1) is 13.7 Å². The molecule has 0 aliphatic rings. The van der Waals surface area contributed by atoms with Crippen LogP contribution in [0.4, 0.5) is 5.69 Å². The Morgan fingerprint density at radius 2 is 1.72 bits per heavy atom. The van der Waals surface area contributed by atoms with E-state index in [1.807, 2.05) is 38.1 Å². The molecule has 6 nitrogen and oxygen atoms in total. The van der Waals surface area contributed by atoms with E-state index in [9.17, 15) is 9.59 Å². The molecular weight excluding hydrogens is 320 g/mol. The Hall–Kier alpha value is -3.02. The van der Waals surface area contributed by atoms with Crippen LogP contribution in [0.25, 0.3) is 0 Å². The molecule has 0 aliphatic heterocycles. The number of carbonyl (C=O) groups excluding carboxylic acids is 2. The Morgan fingerprint density at radius 3 is 2.44 bits per heavy atom. The fourth-order valence-corrected chi connectivity index (χ4v) is 2.18. The maximum atomic E-state index is 12.0. The fraction of sp³-hybridized carbons (Fsp3) is 0.263. The Balaban J connectivity index is 1.79. The van der Waals surface area contributed by atoms with Crippen molar-refractivity contribution in [3.8, 4) is 11.5 Å². The number of anilines is 1. The van der Waals surface area contributed by atoms with Gasteiger partial charge >= 0.3 is 0 Å². The van der Waals surface area contributed by atoms with Crippen molar-refractivity contribution >= 4 is 17.5 Å². The third kappa shape index (κ3) is 5.53. The zero-order valence-corrected chi connectivity index (χ0v) is 14.6. The van der Waals surface area contributed by atoms with Crippen molar-refractivity contribution in [2.75, 3.05) is 25.6 Å². The largest absolute Gasteiger partial charge is 0.493 e. The average molecular weight is 342 g/mol. The monoisotopic (exact) mass is 342 g/mol. The van der Waals surface area contributed by atoms with E-state index in [1.165, 1.54) is 7.11 Å². The van der Waals surface area contributed by atoms with E-state index in [1.54, 1.807) is 18.2 Å². The minimum Gasteiger partial charge on any atom is -0.493 e. The number of nitrogens with one attached hydrogen (secondary N) is 2. The van der Waals surface area contributed by atoms with Crippen molar-refractivity contribution in [2.24, 2.45) is 0 Å². The van der Waals surface area contributed by atoms with Gasteiger partial charge in [-0.05, 0) is 43.2 Å². The summed E-state index contributed by atoms with van der Waals surface area (Å²) in [7, 11) is 1.53. The number of benzene rings is 2. The van der Waals surface area contributed by atoms with Crippen LogP contribution in [0.3, 0.4) is 0 Å². The summed E-state index contributed by atoms with van der Waals surface area (Å²) < 4.78 is 10.5. The van der Waals surface area contributed by atoms with Crippen LogP contribution < -0.4 is 20.1 Å². The van der Waals surface area contributed by atoms with Crippen LogP contribution in [0.2, 0.25) is 0 Å². The molecule has 2 N–H and O–H groups in total. The van der Waals surface area contributed by atoms with Crippen molar-refractivity contribution in [3.63, 3.8) is 0 Å². The second-order valence-corrected chi connectivity index (χ2v) is 5.58. The second kappa shape index (κ2) is 8.73. The number of aryl methyl sites for hydroxylation is 2. The van der Waals surface area contributed by atoms with E-state index in [2.05, 4.69) is 10.6 Å². The van der Waals surface area contributed by atoms with Crippen LogP contribution >= 0.6 is 0 Å². The van der Waals surface area contributed by atoms with Gasteiger partial charge in [0, 0.05) is 5.69 Å². The first-order valence-corrected chi connectivity index (χ1v) is 7.89. The Labute approximate surface area is 147 Å². The number of methoxy groups -OCH3 is 1. The van der Waals surface area contributed by atoms with Crippen LogP contribution in [0, 0.1) is 13.8 Å². The molecular formula is C19H22N2O4. The molecule has 0 heterocycles.